The lowest BCUT2D eigenvalue weighted by Crippen LogP contribution is -2.32. The van der Waals surface area contributed by atoms with E-state index in [1.54, 1.807) is 0 Å². The van der Waals surface area contributed by atoms with Crippen LogP contribution in [0.1, 0.15) is 25.7 Å². The average molecular weight is 368 g/mol. The second-order valence-corrected chi connectivity index (χ2v) is 6.24. The largest absolute Gasteiger partial charge is 0.534 e. The van der Waals surface area contributed by atoms with E-state index in [1.165, 1.54) is 0 Å². The van der Waals surface area contributed by atoms with Gasteiger partial charge in [0.25, 0.3) is 0 Å². The minimum absolute atomic E-state index is 0.0300. The number of hydrogen-bond acceptors (Lipinski definition) is 5. The molecule has 0 heterocycles. The van der Waals surface area contributed by atoms with Crippen molar-refractivity contribution in [3.8, 4) is 0 Å². The first-order valence-electron chi connectivity index (χ1n) is 6.28. The van der Waals surface area contributed by atoms with Crippen LogP contribution < -0.4 is 0 Å². The third kappa shape index (κ3) is 5.61. The number of alkyl halides is 5. The Balaban J connectivity index is 2.86. The van der Waals surface area contributed by atoms with E-state index in [1.807, 2.05) is 0 Å². The molecule has 1 unspecified atom stereocenters. The monoisotopic (exact) mass is 368 g/mol. The van der Waals surface area contributed by atoms with E-state index >= 15 is 0 Å². The fourth-order valence-corrected chi connectivity index (χ4v) is 2.30. The van der Waals surface area contributed by atoms with Crippen molar-refractivity contribution in [2.45, 2.75) is 43.2 Å². The third-order valence-corrected chi connectivity index (χ3v) is 3.85. The highest BCUT2D eigenvalue weighted by molar-refractivity contribution is 7.87. The number of carbonyl (C=O) groups is 1. The summed E-state index contributed by atoms with van der Waals surface area (Å²) in [4.78, 5) is 10.3. The summed E-state index contributed by atoms with van der Waals surface area (Å²) in [5.41, 5.74) is -5.82. The van der Waals surface area contributed by atoms with Gasteiger partial charge in [-0.2, -0.15) is 30.4 Å². The van der Waals surface area contributed by atoms with Gasteiger partial charge >= 0.3 is 27.5 Å². The highest BCUT2D eigenvalue weighted by Gasteiger charge is 2.51. The minimum Gasteiger partial charge on any atom is -0.480 e. The van der Waals surface area contributed by atoms with Crippen molar-refractivity contribution in [3.05, 3.63) is 11.8 Å². The van der Waals surface area contributed by atoms with Crippen LogP contribution in [-0.4, -0.2) is 43.6 Å². The number of carboxylic acid groups (broad SMARTS) is 1. The molecule has 0 saturated heterocycles. The molecule has 0 bridgehead atoms. The van der Waals surface area contributed by atoms with Crippen LogP contribution in [0.25, 0.3) is 0 Å². The summed E-state index contributed by atoms with van der Waals surface area (Å²) in [5.74, 6) is -6.84. The van der Waals surface area contributed by atoms with Gasteiger partial charge in [0.1, 0.15) is 6.61 Å². The van der Waals surface area contributed by atoms with Crippen molar-refractivity contribution in [1.29, 1.82) is 0 Å². The smallest absolute Gasteiger partial charge is 0.480 e. The summed E-state index contributed by atoms with van der Waals surface area (Å²) >= 11 is 0. The molecule has 134 valence electrons. The SMILES string of the molecule is O=C(O)COC1CC/C=C(/OS(=O)(=O)C(F)(F)F)C(F)(F)CC1. The van der Waals surface area contributed by atoms with Crippen molar-refractivity contribution in [3.63, 3.8) is 0 Å². The molecule has 1 atom stereocenters. The summed E-state index contributed by atoms with van der Waals surface area (Å²) in [6.45, 7) is -0.703. The molecule has 1 aliphatic rings. The Hall–Kier alpha value is -1.43. The fourth-order valence-electron chi connectivity index (χ4n) is 1.78. The number of ether oxygens (including phenoxy) is 1. The van der Waals surface area contributed by atoms with Crippen LogP contribution in [0.4, 0.5) is 22.0 Å². The lowest BCUT2D eigenvalue weighted by molar-refractivity contribution is -0.145. The van der Waals surface area contributed by atoms with Gasteiger partial charge in [-0.15, -0.1) is 0 Å². The normalized spacial score (nSPS) is 24.9. The zero-order valence-electron chi connectivity index (χ0n) is 11.5. The van der Waals surface area contributed by atoms with Gasteiger partial charge in [0, 0.05) is 6.42 Å². The molecular formula is C11H13F5O6S. The molecule has 0 fully saturated rings. The van der Waals surface area contributed by atoms with Gasteiger partial charge in [-0.1, -0.05) is 0 Å². The van der Waals surface area contributed by atoms with Crippen molar-refractivity contribution in [1.82, 2.24) is 0 Å². The van der Waals surface area contributed by atoms with E-state index < -0.39 is 52.4 Å². The first-order valence-corrected chi connectivity index (χ1v) is 7.68. The molecule has 0 aromatic heterocycles. The van der Waals surface area contributed by atoms with Gasteiger partial charge in [-0.3, -0.25) is 0 Å². The van der Waals surface area contributed by atoms with E-state index in [4.69, 9.17) is 9.84 Å². The average Bonchev–Trinajstić information content (AvgIpc) is 2.36. The maximum Gasteiger partial charge on any atom is 0.534 e. The Morgan fingerprint density at radius 2 is 1.96 bits per heavy atom. The Morgan fingerprint density at radius 1 is 1.35 bits per heavy atom. The van der Waals surface area contributed by atoms with Crippen molar-refractivity contribution >= 4 is 16.1 Å². The van der Waals surface area contributed by atoms with Crippen LogP contribution in [0.15, 0.2) is 11.8 Å². The van der Waals surface area contributed by atoms with Crippen LogP contribution in [-0.2, 0) is 23.8 Å². The lowest BCUT2D eigenvalue weighted by atomic mass is 9.99. The van der Waals surface area contributed by atoms with Crippen molar-refractivity contribution in [2.24, 2.45) is 0 Å². The molecule has 1 aliphatic carbocycles. The van der Waals surface area contributed by atoms with E-state index in [2.05, 4.69) is 4.18 Å². The number of rotatable bonds is 5. The van der Waals surface area contributed by atoms with Gasteiger partial charge in [0.05, 0.1) is 6.10 Å². The summed E-state index contributed by atoms with van der Waals surface area (Å²) in [6.07, 6.45) is -1.94. The Labute approximate surface area is 128 Å². The van der Waals surface area contributed by atoms with Crippen LogP contribution in [0.3, 0.4) is 0 Å². The van der Waals surface area contributed by atoms with Gasteiger partial charge in [0.15, 0.2) is 5.76 Å². The molecule has 0 saturated carbocycles. The second-order valence-electron chi connectivity index (χ2n) is 4.70. The molecule has 6 nitrogen and oxygen atoms in total. The van der Waals surface area contributed by atoms with Gasteiger partial charge < -0.3 is 14.0 Å². The second kappa shape index (κ2) is 6.99. The molecule has 12 heteroatoms. The highest BCUT2D eigenvalue weighted by Crippen LogP contribution is 2.37. The van der Waals surface area contributed by atoms with Crippen LogP contribution >= 0.6 is 0 Å². The predicted octanol–water partition coefficient (Wildman–Crippen LogP) is 2.42. The van der Waals surface area contributed by atoms with E-state index in [0.717, 1.165) is 0 Å². The number of halogens is 5. The number of aliphatic carboxylic acids is 1. The molecular weight excluding hydrogens is 355 g/mol. The molecule has 0 aliphatic heterocycles. The summed E-state index contributed by atoms with van der Waals surface area (Å²) in [6, 6.07) is 0. The van der Waals surface area contributed by atoms with Gasteiger partial charge in [-0.25, -0.2) is 4.79 Å². The fraction of sp³-hybridized carbons (Fsp3) is 0.727. The zero-order valence-corrected chi connectivity index (χ0v) is 12.3. The van der Waals surface area contributed by atoms with Crippen molar-refractivity contribution in [2.75, 3.05) is 6.61 Å². The van der Waals surface area contributed by atoms with E-state index in [-0.39, 0.29) is 19.3 Å². The lowest BCUT2D eigenvalue weighted by Gasteiger charge is -2.25. The van der Waals surface area contributed by atoms with Crippen LogP contribution in [0.2, 0.25) is 0 Å². The Kier molecular flexibility index (Phi) is 5.96. The molecule has 0 aromatic rings. The molecule has 0 spiro atoms. The van der Waals surface area contributed by atoms with Crippen LogP contribution in [0.5, 0.6) is 0 Å². The number of allylic oxidation sites excluding steroid dienone is 2. The first-order chi connectivity index (χ1) is 10.3. The summed E-state index contributed by atoms with van der Waals surface area (Å²) in [7, 11) is -6.19. The molecule has 1 N–H and O–H groups in total. The molecule has 1 rings (SSSR count). The molecule has 0 radical (unpaired) electrons. The first kappa shape index (κ1) is 19.6. The standard InChI is InChI=1S/C11H13F5O6S/c12-10(13)5-4-7(21-6-9(17)18)2-1-3-8(10)22-23(19,20)11(14,15)16/h3,7H,1-2,4-6H2,(H,17,18)/b8-3+. The van der Waals surface area contributed by atoms with E-state index in [0.29, 0.717) is 6.08 Å². The maximum absolute atomic E-state index is 13.8. The van der Waals surface area contributed by atoms with Crippen LogP contribution in [0, 0.1) is 0 Å². The molecule has 0 aromatic carbocycles. The number of hydrogen-bond donors (Lipinski definition) is 1. The predicted molar refractivity (Wildman–Crippen MR) is 64.9 cm³/mol. The zero-order chi connectivity index (χ0) is 17.9. The number of carboxylic acids is 1. The Morgan fingerprint density at radius 3 is 2.48 bits per heavy atom. The molecule has 0 amide bonds. The van der Waals surface area contributed by atoms with Gasteiger partial charge in [0.2, 0.25) is 0 Å². The highest BCUT2D eigenvalue weighted by atomic mass is 32.2. The Bertz CT molecular complexity index is 568. The minimum atomic E-state index is -6.19. The summed E-state index contributed by atoms with van der Waals surface area (Å²) in [5, 5.41) is 8.44. The topological polar surface area (TPSA) is 89.9 Å². The quantitative estimate of drug-likeness (QED) is 0.455. The van der Waals surface area contributed by atoms with E-state index in [9.17, 15) is 35.2 Å². The van der Waals surface area contributed by atoms with Gasteiger partial charge in [-0.05, 0) is 25.3 Å². The van der Waals surface area contributed by atoms with Crippen molar-refractivity contribution < 1.29 is 49.2 Å². The summed E-state index contributed by atoms with van der Waals surface area (Å²) < 4.78 is 94.3. The third-order valence-electron chi connectivity index (χ3n) is 2.88. The molecule has 23 heavy (non-hydrogen) atoms. The maximum atomic E-state index is 13.8.